The van der Waals surface area contributed by atoms with Crippen molar-refractivity contribution in [3.05, 3.63) is 22.6 Å². The fourth-order valence-corrected chi connectivity index (χ4v) is 1.24. The normalized spacial score (nSPS) is 10.5. The van der Waals surface area contributed by atoms with Crippen molar-refractivity contribution in [1.82, 2.24) is 0 Å². The average molecular weight is 207 g/mol. The lowest BCUT2D eigenvalue weighted by Crippen LogP contribution is -2.16. The first kappa shape index (κ1) is 12.8. The summed E-state index contributed by atoms with van der Waals surface area (Å²) in [6.07, 6.45) is 5.75. The van der Waals surface area contributed by atoms with Crippen LogP contribution < -0.4 is 0 Å². The van der Waals surface area contributed by atoms with E-state index in [2.05, 4.69) is 41.1 Å². The van der Waals surface area contributed by atoms with E-state index >= 15 is 0 Å². The monoisotopic (exact) mass is 207 g/mol. The number of azide groups is 1. The maximum absolute atomic E-state index is 8.02. The molecule has 0 aromatic heterocycles. The van der Waals surface area contributed by atoms with Crippen LogP contribution in [0.3, 0.4) is 0 Å². The molecule has 0 rings (SSSR count). The quantitative estimate of drug-likeness (QED) is 0.169. The van der Waals surface area contributed by atoms with E-state index in [1.807, 2.05) is 12.2 Å². The molecule has 0 aromatic carbocycles. The van der Waals surface area contributed by atoms with Crippen LogP contribution >= 0.6 is 0 Å². The zero-order valence-electron chi connectivity index (χ0n) is 9.12. The standard InChI is InChI=1S/C10H17N3Si/c1-14(2,3)10-8-6-4-5-7-9-12-13-11/h4,6H,5,7,9H2,1-3H3/b6-4+. The molecule has 0 bridgehead atoms. The molecule has 0 saturated heterocycles. The van der Waals surface area contributed by atoms with Crippen LogP contribution in [0.1, 0.15) is 12.8 Å². The Labute approximate surface area is 86.8 Å². The highest BCUT2D eigenvalue weighted by atomic mass is 28.3. The molecular formula is C10H17N3Si. The molecule has 0 aromatic rings. The second-order valence-electron chi connectivity index (χ2n) is 4.02. The third-order valence-electron chi connectivity index (χ3n) is 1.34. The Morgan fingerprint density at radius 1 is 1.43 bits per heavy atom. The molecule has 0 saturated carbocycles. The summed E-state index contributed by atoms with van der Waals surface area (Å²) in [4.78, 5) is 2.68. The van der Waals surface area contributed by atoms with E-state index in [1.54, 1.807) is 0 Å². The summed E-state index contributed by atoms with van der Waals surface area (Å²) in [5, 5.41) is 3.45. The molecule has 0 amide bonds. The van der Waals surface area contributed by atoms with Gasteiger partial charge in [0.2, 0.25) is 0 Å². The smallest absolute Gasteiger partial charge is 0.127 e. The molecule has 0 unspecified atom stereocenters. The summed E-state index contributed by atoms with van der Waals surface area (Å²) in [5.41, 5.74) is 11.3. The number of unbranched alkanes of at least 4 members (excludes halogenated alkanes) is 1. The van der Waals surface area contributed by atoms with Crippen molar-refractivity contribution < 1.29 is 0 Å². The summed E-state index contributed by atoms with van der Waals surface area (Å²) in [7, 11) is -1.22. The zero-order valence-corrected chi connectivity index (χ0v) is 10.1. The number of allylic oxidation sites excluding steroid dienone is 2. The van der Waals surface area contributed by atoms with Gasteiger partial charge >= 0.3 is 0 Å². The van der Waals surface area contributed by atoms with Crippen LogP contribution in [0, 0.1) is 11.5 Å². The summed E-state index contributed by atoms with van der Waals surface area (Å²) < 4.78 is 0. The third kappa shape index (κ3) is 10.8. The van der Waals surface area contributed by atoms with Gasteiger partial charge in [0.05, 0.1) is 0 Å². The molecular weight excluding hydrogens is 190 g/mol. The molecule has 0 atom stereocenters. The van der Waals surface area contributed by atoms with E-state index in [1.165, 1.54) is 0 Å². The van der Waals surface area contributed by atoms with Crippen molar-refractivity contribution >= 4 is 8.07 Å². The van der Waals surface area contributed by atoms with Gasteiger partial charge in [-0.2, -0.15) is 0 Å². The average Bonchev–Trinajstić information content (AvgIpc) is 2.08. The van der Waals surface area contributed by atoms with Gasteiger partial charge in [-0.05, 0) is 24.4 Å². The van der Waals surface area contributed by atoms with E-state index in [0.29, 0.717) is 6.54 Å². The lowest BCUT2D eigenvalue weighted by Gasteiger charge is -2.01. The van der Waals surface area contributed by atoms with E-state index in [-0.39, 0.29) is 0 Å². The predicted octanol–water partition coefficient (Wildman–Crippen LogP) is 3.51. The van der Waals surface area contributed by atoms with Crippen LogP contribution in [0.2, 0.25) is 19.6 Å². The van der Waals surface area contributed by atoms with Gasteiger partial charge in [-0.3, -0.25) is 0 Å². The first-order valence-corrected chi connectivity index (χ1v) is 8.25. The SMILES string of the molecule is C[Si](C)(C)C#C/C=C/CCCN=[N+]=[N-]. The van der Waals surface area contributed by atoms with Crippen molar-refractivity contribution in [2.75, 3.05) is 6.54 Å². The molecule has 0 fully saturated rings. The third-order valence-corrected chi connectivity index (χ3v) is 2.23. The minimum Gasteiger partial charge on any atom is -0.127 e. The number of rotatable bonds is 4. The zero-order chi connectivity index (χ0) is 10.9. The van der Waals surface area contributed by atoms with Gasteiger partial charge in [0.15, 0.2) is 0 Å². The Hall–Kier alpha value is -1.17. The van der Waals surface area contributed by atoms with Gasteiger partial charge in [0.25, 0.3) is 0 Å². The molecule has 4 heteroatoms. The van der Waals surface area contributed by atoms with Crippen LogP contribution in [0.15, 0.2) is 17.3 Å². The number of nitrogens with zero attached hydrogens (tertiary/aromatic N) is 3. The van der Waals surface area contributed by atoms with E-state index in [4.69, 9.17) is 5.53 Å². The fourth-order valence-electron chi connectivity index (χ4n) is 0.725. The highest BCUT2D eigenvalue weighted by Crippen LogP contribution is 1.96. The molecule has 0 aliphatic carbocycles. The van der Waals surface area contributed by atoms with E-state index in [9.17, 15) is 0 Å². The van der Waals surface area contributed by atoms with Crippen molar-refractivity contribution in [2.24, 2.45) is 5.11 Å². The van der Waals surface area contributed by atoms with Crippen molar-refractivity contribution in [3.8, 4) is 11.5 Å². The van der Waals surface area contributed by atoms with Gasteiger partial charge < -0.3 is 0 Å². The molecule has 76 valence electrons. The first-order chi connectivity index (χ1) is 6.56. The second kappa shape index (κ2) is 7.25. The van der Waals surface area contributed by atoms with Gasteiger partial charge in [-0.25, -0.2) is 0 Å². The van der Waals surface area contributed by atoms with Gasteiger partial charge in [-0.1, -0.05) is 36.8 Å². The lowest BCUT2D eigenvalue weighted by atomic mass is 10.3. The van der Waals surface area contributed by atoms with Crippen LogP contribution in [-0.4, -0.2) is 14.6 Å². The van der Waals surface area contributed by atoms with Crippen molar-refractivity contribution in [2.45, 2.75) is 32.5 Å². The minimum absolute atomic E-state index is 0.572. The van der Waals surface area contributed by atoms with Gasteiger partial charge in [0.1, 0.15) is 8.07 Å². The maximum Gasteiger partial charge on any atom is 0.129 e. The lowest BCUT2D eigenvalue weighted by molar-refractivity contribution is 0.849. The molecule has 0 aliphatic rings. The van der Waals surface area contributed by atoms with Gasteiger partial charge in [-0.15, -0.1) is 5.54 Å². The van der Waals surface area contributed by atoms with Crippen molar-refractivity contribution in [3.63, 3.8) is 0 Å². The van der Waals surface area contributed by atoms with Gasteiger partial charge in [0, 0.05) is 11.5 Å². The summed E-state index contributed by atoms with van der Waals surface area (Å²) in [6, 6.07) is 0. The Morgan fingerprint density at radius 2 is 2.14 bits per heavy atom. The topological polar surface area (TPSA) is 48.8 Å². The molecule has 3 nitrogen and oxygen atoms in total. The highest BCUT2D eigenvalue weighted by Gasteiger charge is 2.06. The first-order valence-electron chi connectivity index (χ1n) is 4.75. The fraction of sp³-hybridized carbons (Fsp3) is 0.600. The van der Waals surface area contributed by atoms with Crippen LogP contribution in [0.4, 0.5) is 0 Å². The Balaban J connectivity index is 3.63. The van der Waals surface area contributed by atoms with Crippen LogP contribution in [0.5, 0.6) is 0 Å². The molecule has 14 heavy (non-hydrogen) atoms. The van der Waals surface area contributed by atoms with Crippen LogP contribution in [0.25, 0.3) is 10.4 Å². The number of hydrogen-bond donors (Lipinski definition) is 0. The van der Waals surface area contributed by atoms with E-state index in [0.717, 1.165) is 12.8 Å². The molecule has 0 spiro atoms. The van der Waals surface area contributed by atoms with Crippen LogP contribution in [-0.2, 0) is 0 Å². The second-order valence-corrected chi connectivity index (χ2v) is 8.77. The maximum atomic E-state index is 8.02. The largest absolute Gasteiger partial charge is 0.129 e. The van der Waals surface area contributed by atoms with Crippen molar-refractivity contribution in [1.29, 1.82) is 0 Å². The Morgan fingerprint density at radius 3 is 2.71 bits per heavy atom. The predicted molar refractivity (Wildman–Crippen MR) is 63.5 cm³/mol. The summed E-state index contributed by atoms with van der Waals surface area (Å²) in [6.45, 7) is 7.22. The Bertz CT molecular complexity index is 285. The molecule has 0 aliphatic heterocycles. The van der Waals surface area contributed by atoms with E-state index < -0.39 is 8.07 Å². The Kier molecular flexibility index (Phi) is 6.64. The molecule has 0 radical (unpaired) electrons. The molecule has 0 heterocycles. The number of hydrogen-bond acceptors (Lipinski definition) is 1. The molecule has 0 N–H and O–H groups in total. The minimum atomic E-state index is -1.22. The summed E-state index contributed by atoms with van der Waals surface area (Å²) in [5.74, 6) is 3.04. The highest BCUT2D eigenvalue weighted by molar-refractivity contribution is 6.83. The summed E-state index contributed by atoms with van der Waals surface area (Å²) >= 11 is 0.